The lowest BCUT2D eigenvalue weighted by Crippen LogP contribution is -2.50. The molecular formula is C12H19NO4. The minimum Gasteiger partial charge on any atom is -0.480 e. The highest BCUT2D eigenvalue weighted by Crippen LogP contribution is 2.24. The van der Waals surface area contributed by atoms with Gasteiger partial charge in [0.05, 0.1) is 0 Å². The molecular weight excluding hydrogens is 222 g/mol. The van der Waals surface area contributed by atoms with E-state index in [0.717, 1.165) is 25.7 Å². The number of hydrogen-bond acceptors (Lipinski definition) is 3. The summed E-state index contributed by atoms with van der Waals surface area (Å²) in [5, 5.41) is 9.14. The van der Waals surface area contributed by atoms with E-state index in [1.807, 2.05) is 0 Å². The van der Waals surface area contributed by atoms with Crippen molar-refractivity contribution in [1.29, 1.82) is 0 Å². The minimum atomic E-state index is -0.870. The molecule has 0 aromatic rings. The van der Waals surface area contributed by atoms with Gasteiger partial charge in [-0.1, -0.05) is 0 Å². The van der Waals surface area contributed by atoms with Gasteiger partial charge in [-0.15, -0.1) is 0 Å². The summed E-state index contributed by atoms with van der Waals surface area (Å²) in [5.41, 5.74) is 0. The number of carboxylic acid groups (broad SMARTS) is 1. The Morgan fingerprint density at radius 1 is 1.12 bits per heavy atom. The number of carbonyl (C=O) groups excluding carboxylic acids is 1. The van der Waals surface area contributed by atoms with Crippen LogP contribution in [0.4, 0.5) is 0 Å². The number of piperidine rings is 1. The van der Waals surface area contributed by atoms with Crippen molar-refractivity contribution in [2.24, 2.45) is 5.92 Å². The van der Waals surface area contributed by atoms with Crippen LogP contribution in [0.5, 0.6) is 0 Å². The molecule has 17 heavy (non-hydrogen) atoms. The molecule has 1 N–H and O–H groups in total. The molecule has 0 radical (unpaired) electrons. The van der Waals surface area contributed by atoms with Gasteiger partial charge in [0.25, 0.3) is 0 Å². The molecule has 0 aromatic heterocycles. The second-order valence-electron chi connectivity index (χ2n) is 4.77. The van der Waals surface area contributed by atoms with E-state index in [-0.39, 0.29) is 11.8 Å². The average molecular weight is 241 g/mol. The first-order valence-corrected chi connectivity index (χ1v) is 6.31. The Kier molecular flexibility index (Phi) is 3.99. The third-order valence-corrected chi connectivity index (χ3v) is 3.64. The van der Waals surface area contributed by atoms with Crippen molar-refractivity contribution >= 4 is 11.9 Å². The van der Waals surface area contributed by atoms with Crippen molar-refractivity contribution in [3.05, 3.63) is 0 Å². The van der Waals surface area contributed by atoms with Crippen LogP contribution < -0.4 is 0 Å². The van der Waals surface area contributed by atoms with Gasteiger partial charge in [0.15, 0.2) is 0 Å². The quantitative estimate of drug-likeness (QED) is 0.779. The second kappa shape index (κ2) is 5.49. The van der Waals surface area contributed by atoms with Crippen LogP contribution in [0.1, 0.15) is 32.1 Å². The molecule has 0 aromatic carbocycles. The standard InChI is InChI=1S/C12H19NO4/c14-11(9-4-7-17-8-5-9)13-6-2-1-3-10(13)12(15)16/h9-10H,1-8H2,(H,15,16). The Balaban J connectivity index is 2.02. The Morgan fingerprint density at radius 2 is 1.82 bits per heavy atom. The zero-order chi connectivity index (χ0) is 12.3. The maximum absolute atomic E-state index is 12.3. The van der Waals surface area contributed by atoms with Crippen molar-refractivity contribution in [3.8, 4) is 0 Å². The molecule has 2 fully saturated rings. The van der Waals surface area contributed by atoms with E-state index < -0.39 is 12.0 Å². The molecule has 1 atom stereocenters. The van der Waals surface area contributed by atoms with E-state index in [4.69, 9.17) is 9.84 Å². The van der Waals surface area contributed by atoms with Crippen LogP contribution in [0.25, 0.3) is 0 Å². The zero-order valence-corrected chi connectivity index (χ0v) is 9.93. The molecule has 5 heteroatoms. The van der Waals surface area contributed by atoms with Crippen molar-refractivity contribution in [3.63, 3.8) is 0 Å². The van der Waals surface area contributed by atoms with Gasteiger partial charge in [-0.05, 0) is 32.1 Å². The summed E-state index contributed by atoms with van der Waals surface area (Å²) in [6.07, 6.45) is 3.85. The Labute approximate surface area is 101 Å². The molecule has 2 rings (SSSR count). The summed E-state index contributed by atoms with van der Waals surface area (Å²) < 4.78 is 5.22. The van der Waals surface area contributed by atoms with Crippen LogP contribution in [0.3, 0.4) is 0 Å². The maximum Gasteiger partial charge on any atom is 0.326 e. The maximum atomic E-state index is 12.3. The fourth-order valence-electron chi connectivity index (χ4n) is 2.63. The van der Waals surface area contributed by atoms with Crippen molar-refractivity contribution in [2.75, 3.05) is 19.8 Å². The topological polar surface area (TPSA) is 66.8 Å². The molecule has 2 heterocycles. The molecule has 2 aliphatic rings. The van der Waals surface area contributed by atoms with Crippen LogP contribution in [0, 0.1) is 5.92 Å². The van der Waals surface area contributed by atoms with Crippen LogP contribution in [0.2, 0.25) is 0 Å². The van der Waals surface area contributed by atoms with Gasteiger partial charge in [-0.3, -0.25) is 4.79 Å². The number of rotatable bonds is 2. The van der Waals surface area contributed by atoms with Gasteiger partial charge in [-0.25, -0.2) is 4.79 Å². The summed E-state index contributed by atoms with van der Waals surface area (Å²) in [4.78, 5) is 25.0. The van der Waals surface area contributed by atoms with Crippen LogP contribution in [0.15, 0.2) is 0 Å². The summed E-state index contributed by atoms with van der Waals surface area (Å²) in [6.45, 7) is 1.82. The first-order chi connectivity index (χ1) is 8.20. The van der Waals surface area contributed by atoms with Gasteiger partial charge in [0, 0.05) is 25.7 Å². The van der Waals surface area contributed by atoms with Crippen LogP contribution >= 0.6 is 0 Å². The van der Waals surface area contributed by atoms with Gasteiger partial charge in [0.2, 0.25) is 5.91 Å². The SMILES string of the molecule is O=C(O)C1CCCCN1C(=O)C1CCOCC1. The number of carbonyl (C=O) groups is 2. The molecule has 1 amide bonds. The molecule has 0 aliphatic carbocycles. The number of carboxylic acids is 1. The number of amides is 1. The number of likely N-dealkylation sites (tertiary alicyclic amines) is 1. The fourth-order valence-corrected chi connectivity index (χ4v) is 2.63. The molecule has 2 saturated heterocycles. The van der Waals surface area contributed by atoms with E-state index in [2.05, 4.69) is 0 Å². The monoisotopic (exact) mass is 241 g/mol. The van der Waals surface area contributed by atoms with E-state index >= 15 is 0 Å². The number of aliphatic carboxylic acids is 1. The minimum absolute atomic E-state index is 0.0143. The summed E-state index contributed by atoms with van der Waals surface area (Å²) in [6, 6.07) is -0.612. The molecule has 0 spiro atoms. The smallest absolute Gasteiger partial charge is 0.326 e. The van der Waals surface area contributed by atoms with Crippen molar-refractivity contribution < 1.29 is 19.4 Å². The highest BCUT2D eigenvalue weighted by Gasteiger charge is 2.35. The lowest BCUT2D eigenvalue weighted by Gasteiger charge is -2.36. The second-order valence-corrected chi connectivity index (χ2v) is 4.77. The number of ether oxygens (including phenoxy) is 1. The van der Waals surface area contributed by atoms with E-state index in [1.165, 1.54) is 0 Å². The van der Waals surface area contributed by atoms with Gasteiger partial charge < -0.3 is 14.7 Å². The van der Waals surface area contributed by atoms with Crippen LogP contribution in [-0.4, -0.2) is 47.7 Å². The Hall–Kier alpha value is -1.10. The van der Waals surface area contributed by atoms with E-state index in [0.29, 0.717) is 26.2 Å². The summed E-state index contributed by atoms with van der Waals surface area (Å²) in [5.74, 6) is -0.894. The molecule has 96 valence electrons. The highest BCUT2D eigenvalue weighted by atomic mass is 16.5. The zero-order valence-electron chi connectivity index (χ0n) is 9.93. The Morgan fingerprint density at radius 3 is 2.47 bits per heavy atom. The van der Waals surface area contributed by atoms with E-state index in [9.17, 15) is 9.59 Å². The summed E-state index contributed by atoms with van der Waals surface area (Å²) in [7, 11) is 0. The fraction of sp³-hybridized carbons (Fsp3) is 0.833. The molecule has 0 saturated carbocycles. The largest absolute Gasteiger partial charge is 0.480 e. The number of hydrogen-bond donors (Lipinski definition) is 1. The third kappa shape index (κ3) is 2.77. The number of nitrogens with zero attached hydrogens (tertiary/aromatic N) is 1. The third-order valence-electron chi connectivity index (χ3n) is 3.64. The molecule has 0 bridgehead atoms. The molecule has 1 unspecified atom stereocenters. The first kappa shape index (κ1) is 12.4. The van der Waals surface area contributed by atoms with Gasteiger partial charge >= 0.3 is 5.97 Å². The normalized spacial score (nSPS) is 26.8. The van der Waals surface area contributed by atoms with Crippen LogP contribution in [-0.2, 0) is 14.3 Å². The van der Waals surface area contributed by atoms with E-state index in [1.54, 1.807) is 4.90 Å². The Bertz CT molecular complexity index is 299. The van der Waals surface area contributed by atoms with Gasteiger partial charge in [-0.2, -0.15) is 0 Å². The molecule has 2 aliphatic heterocycles. The van der Waals surface area contributed by atoms with Crippen molar-refractivity contribution in [1.82, 2.24) is 4.90 Å². The highest BCUT2D eigenvalue weighted by molar-refractivity contribution is 5.85. The predicted octanol–water partition coefficient (Wildman–Crippen LogP) is 0.879. The first-order valence-electron chi connectivity index (χ1n) is 6.31. The van der Waals surface area contributed by atoms with Gasteiger partial charge in [0.1, 0.15) is 6.04 Å². The van der Waals surface area contributed by atoms with Crippen molar-refractivity contribution in [2.45, 2.75) is 38.1 Å². The average Bonchev–Trinajstić information content (AvgIpc) is 2.39. The predicted molar refractivity (Wildman–Crippen MR) is 60.5 cm³/mol. The lowest BCUT2D eigenvalue weighted by molar-refractivity contribution is -0.155. The molecule has 5 nitrogen and oxygen atoms in total. The lowest BCUT2D eigenvalue weighted by atomic mass is 9.94. The summed E-state index contributed by atoms with van der Waals surface area (Å²) >= 11 is 0.